The highest BCUT2D eigenvalue weighted by molar-refractivity contribution is 8.03. The predicted molar refractivity (Wildman–Crippen MR) is 114 cm³/mol. The summed E-state index contributed by atoms with van der Waals surface area (Å²) in [6.07, 6.45) is -0.145. The first kappa shape index (κ1) is 25.2. The molecule has 10 nitrogen and oxygen atoms in total. The number of nitrogens with zero attached hydrogens (tertiary/aromatic N) is 1. The van der Waals surface area contributed by atoms with E-state index in [1.165, 1.54) is 16.7 Å². The second-order valence-corrected chi connectivity index (χ2v) is 9.55. The van der Waals surface area contributed by atoms with Crippen LogP contribution in [0, 0.1) is 11.3 Å². The van der Waals surface area contributed by atoms with Crippen LogP contribution in [0.3, 0.4) is 0 Å². The molecule has 5 N–H and O–H groups in total. The largest absolute Gasteiger partial charge is 0.477 e. The molecule has 2 aliphatic rings. The number of hydrogen-bond acceptors (Lipinski definition) is 7. The van der Waals surface area contributed by atoms with E-state index in [0.717, 1.165) is 0 Å². The number of carbonyl (C=O) groups excluding carboxylic acids is 3. The number of nitrogens with one attached hydrogen (secondary N) is 2. The fourth-order valence-corrected chi connectivity index (χ4v) is 4.68. The van der Waals surface area contributed by atoms with Crippen LogP contribution in [0.5, 0.6) is 0 Å². The van der Waals surface area contributed by atoms with Crippen LogP contribution in [0.25, 0.3) is 0 Å². The molecule has 0 aromatic carbocycles. The summed E-state index contributed by atoms with van der Waals surface area (Å²) < 4.78 is 0. The highest BCUT2D eigenvalue weighted by atomic mass is 32.2. The third kappa shape index (κ3) is 5.58. The second kappa shape index (κ2) is 10.5. The number of aliphatic carboxylic acids is 1. The lowest BCUT2D eigenvalue weighted by molar-refractivity contribution is -0.155. The van der Waals surface area contributed by atoms with Crippen molar-refractivity contribution in [3.05, 3.63) is 10.6 Å². The average Bonchev–Trinajstić information content (AvgIpc) is 3.05. The van der Waals surface area contributed by atoms with E-state index in [4.69, 9.17) is 0 Å². The Kier molecular flexibility index (Phi) is 8.49. The molecule has 31 heavy (non-hydrogen) atoms. The third-order valence-electron chi connectivity index (χ3n) is 5.64. The van der Waals surface area contributed by atoms with E-state index < -0.39 is 23.4 Å². The Bertz CT molecular complexity index is 768. The van der Waals surface area contributed by atoms with Gasteiger partial charge in [-0.15, -0.1) is 11.8 Å². The Balaban J connectivity index is 1.71. The summed E-state index contributed by atoms with van der Waals surface area (Å²) in [7, 11) is 0. The molecule has 174 valence electrons. The van der Waals surface area contributed by atoms with Crippen LogP contribution in [0.1, 0.15) is 40.0 Å². The number of carboxylic acids is 1. The Morgan fingerprint density at radius 3 is 2.52 bits per heavy atom. The van der Waals surface area contributed by atoms with Crippen molar-refractivity contribution in [1.29, 1.82) is 0 Å². The van der Waals surface area contributed by atoms with Crippen LogP contribution >= 0.6 is 11.8 Å². The molecule has 2 aliphatic heterocycles. The van der Waals surface area contributed by atoms with Gasteiger partial charge in [0.15, 0.2) is 0 Å². The van der Waals surface area contributed by atoms with Gasteiger partial charge < -0.3 is 30.9 Å². The van der Waals surface area contributed by atoms with E-state index in [0.29, 0.717) is 30.0 Å². The lowest BCUT2D eigenvalue weighted by Gasteiger charge is -2.42. The zero-order valence-corrected chi connectivity index (χ0v) is 18.8. The summed E-state index contributed by atoms with van der Waals surface area (Å²) in [5, 5.41) is 33.7. The van der Waals surface area contributed by atoms with Crippen LogP contribution in [0.15, 0.2) is 10.6 Å². The molecule has 1 fully saturated rings. The Labute approximate surface area is 185 Å². The zero-order chi connectivity index (χ0) is 23.3. The predicted octanol–water partition coefficient (Wildman–Crippen LogP) is -0.342. The molecule has 0 saturated carbocycles. The van der Waals surface area contributed by atoms with Gasteiger partial charge >= 0.3 is 5.97 Å². The van der Waals surface area contributed by atoms with Crippen LogP contribution in [0.2, 0.25) is 0 Å². The number of aliphatic hydroxyl groups is 2. The minimum Gasteiger partial charge on any atom is -0.477 e. The minimum absolute atomic E-state index is 0.0221. The summed E-state index contributed by atoms with van der Waals surface area (Å²) in [5.41, 5.74) is -0.923. The van der Waals surface area contributed by atoms with Gasteiger partial charge in [0, 0.05) is 42.0 Å². The highest BCUT2D eigenvalue weighted by Crippen LogP contribution is 2.46. The van der Waals surface area contributed by atoms with Crippen molar-refractivity contribution in [2.24, 2.45) is 11.3 Å². The van der Waals surface area contributed by atoms with Gasteiger partial charge in [-0.2, -0.15) is 0 Å². The van der Waals surface area contributed by atoms with Crippen molar-refractivity contribution in [2.75, 3.05) is 25.4 Å². The number of carboxylic acid groups (broad SMARTS) is 1. The highest BCUT2D eigenvalue weighted by Gasteiger charge is 2.54. The SMILES string of the molecule is CC[C@H]1C(=O)N2C(C(=O)O)=C(SCCNC(=O)CCNC(=O)[C@H](O)C(C)(C)CO)C[C@@H]12. The lowest BCUT2D eigenvalue weighted by atomic mass is 9.85. The lowest BCUT2D eigenvalue weighted by Crippen LogP contribution is -2.58. The summed E-state index contributed by atoms with van der Waals surface area (Å²) in [6.45, 7) is 5.02. The molecule has 2 heterocycles. The van der Waals surface area contributed by atoms with E-state index >= 15 is 0 Å². The van der Waals surface area contributed by atoms with Crippen molar-refractivity contribution in [2.45, 2.75) is 52.2 Å². The molecule has 0 aromatic heterocycles. The number of carbonyl (C=O) groups is 4. The standard InChI is InChI=1S/C20H31N3O7S/c1-4-11-12-9-13(15(19(29)30)23(12)18(11)28)31-8-7-21-14(25)5-6-22-17(27)16(26)20(2,3)10-24/h11-12,16,24,26H,4-10H2,1-3H3,(H,21,25)(H,22,27)(H,29,30)/t11-,12+,16+/m1/s1. The quantitative estimate of drug-likeness (QED) is 0.197. The Hall–Kier alpha value is -2.11. The maximum absolute atomic E-state index is 12.1. The molecular weight excluding hydrogens is 426 g/mol. The molecule has 0 radical (unpaired) electrons. The Morgan fingerprint density at radius 1 is 1.26 bits per heavy atom. The number of thioether (sulfide) groups is 1. The van der Waals surface area contributed by atoms with Gasteiger partial charge in [0.05, 0.1) is 18.6 Å². The molecular formula is C20H31N3O7S. The molecule has 0 spiro atoms. The summed E-state index contributed by atoms with van der Waals surface area (Å²) in [6, 6.07) is -0.0736. The van der Waals surface area contributed by atoms with Gasteiger partial charge in [-0.1, -0.05) is 20.8 Å². The topological polar surface area (TPSA) is 156 Å². The van der Waals surface area contributed by atoms with Gasteiger partial charge in [-0.3, -0.25) is 14.4 Å². The number of fused-ring (bicyclic) bond motifs is 1. The van der Waals surface area contributed by atoms with Crippen LogP contribution in [-0.4, -0.2) is 81.5 Å². The van der Waals surface area contributed by atoms with E-state index in [2.05, 4.69) is 10.6 Å². The van der Waals surface area contributed by atoms with E-state index in [-0.39, 0.29) is 49.0 Å². The number of amides is 3. The molecule has 0 unspecified atom stereocenters. The van der Waals surface area contributed by atoms with Gasteiger partial charge in [-0.05, 0) is 6.42 Å². The summed E-state index contributed by atoms with van der Waals surface area (Å²) >= 11 is 1.33. The molecule has 1 saturated heterocycles. The van der Waals surface area contributed by atoms with Gasteiger partial charge in [-0.25, -0.2) is 4.79 Å². The minimum atomic E-state index is -1.38. The Morgan fingerprint density at radius 2 is 1.94 bits per heavy atom. The van der Waals surface area contributed by atoms with E-state index in [9.17, 15) is 34.5 Å². The van der Waals surface area contributed by atoms with Crippen molar-refractivity contribution >= 4 is 35.5 Å². The van der Waals surface area contributed by atoms with Crippen molar-refractivity contribution in [3.63, 3.8) is 0 Å². The van der Waals surface area contributed by atoms with Crippen LogP contribution in [0.4, 0.5) is 0 Å². The summed E-state index contributed by atoms with van der Waals surface area (Å²) in [5.74, 6) is -1.85. The molecule has 3 atom stereocenters. The maximum atomic E-state index is 12.1. The van der Waals surface area contributed by atoms with Crippen molar-refractivity contribution < 1.29 is 34.5 Å². The molecule has 11 heteroatoms. The van der Waals surface area contributed by atoms with Crippen LogP contribution in [-0.2, 0) is 19.2 Å². The van der Waals surface area contributed by atoms with Gasteiger partial charge in [0.1, 0.15) is 11.8 Å². The number of β-lactam (4-membered cyclic amide) rings is 1. The first-order valence-corrected chi connectivity index (χ1v) is 11.3. The monoisotopic (exact) mass is 457 g/mol. The first-order valence-electron chi connectivity index (χ1n) is 10.3. The summed E-state index contributed by atoms with van der Waals surface area (Å²) in [4.78, 5) is 49.5. The molecule has 2 rings (SSSR count). The molecule has 0 aromatic rings. The zero-order valence-electron chi connectivity index (χ0n) is 18.0. The number of hydrogen-bond donors (Lipinski definition) is 5. The van der Waals surface area contributed by atoms with E-state index in [1.54, 1.807) is 13.8 Å². The third-order valence-corrected chi connectivity index (χ3v) is 6.76. The number of aliphatic hydroxyl groups excluding tert-OH is 2. The number of rotatable bonds is 12. The van der Waals surface area contributed by atoms with Gasteiger partial charge in [0.2, 0.25) is 17.7 Å². The fourth-order valence-electron chi connectivity index (χ4n) is 3.62. The van der Waals surface area contributed by atoms with Gasteiger partial charge in [0.25, 0.3) is 0 Å². The smallest absolute Gasteiger partial charge is 0.353 e. The normalized spacial score (nSPS) is 21.5. The fraction of sp³-hybridized carbons (Fsp3) is 0.700. The van der Waals surface area contributed by atoms with Crippen molar-refractivity contribution in [3.8, 4) is 0 Å². The maximum Gasteiger partial charge on any atom is 0.353 e. The van der Waals surface area contributed by atoms with Crippen LogP contribution < -0.4 is 10.6 Å². The molecule has 0 aliphatic carbocycles. The van der Waals surface area contributed by atoms with Crippen molar-refractivity contribution in [1.82, 2.24) is 15.5 Å². The van der Waals surface area contributed by atoms with E-state index in [1.807, 2.05) is 6.92 Å². The molecule has 3 amide bonds. The second-order valence-electron chi connectivity index (χ2n) is 8.36. The molecule has 0 bridgehead atoms. The average molecular weight is 458 g/mol. The first-order chi connectivity index (χ1) is 14.5.